The highest BCUT2D eigenvalue weighted by Gasteiger charge is 2.17. The molecule has 0 aliphatic heterocycles. The summed E-state index contributed by atoms with van der Waals surface area (Å²) in [6.45, 7) is 2.05. The van der Waals surface area contributed by atoms with Gasteiger partial charge in [0.05, 0.1) is 15.6 Å². The van der Waals surface area contributed by atoms with Gasteiger partial charge >= 0.3 is 0 Å². The van der Waals surface area contributed by atoms with Gasteiger partial charge in [0, 0.05) is 11.3 Å². The lowest BCUT2D eigenvalue weighted by Gasteiger charge is -2.11. The normalized spacial score (nSPS) is 11.1. The van der Waals surface area contributed by atoms with Gasteiger partial charge < -0.3 is 5.32 Å². The molecule has 28 heavy (non-hydrogen) atoms. The maximum atomic E-state index is 12.7. The Hall–Kier alpha value is -2.83. The van der Waals surface area contributed by atoms with E-state index in [4.69, 9.17) is 11.6 Å². The third-order valence-electron chi connectivity index (χ3n) is 4.14. The molecule has 0 heterocycles. The van der Waals surface area contributed by atoms with Crippen LogP contribution in [0.15, 0.2) is 77.7 Å². The summed E-state index contributed by atoms with van der Waals surface area (Å²) in [4.78, 5) is 12.5. The highest BCUT2D eigenvalue weighted by atomic mass is 35.5. The first-order valence-electron chi connectivity index (χ1n) is 8.67. The number of benzene rings is 3. The predicted molar refractivity (Wildman–Crippen MR) is 112 cm³/mol. The quantitative estimate of drug-likeness (QED) is 0.598. The monoisotopic (exact) mass is 414 g/mol. The lowest BCUT2D eigenvalue weighted by atomic mass is 10.1. The van der Waals surface area contributed by atoms with Gasteiger partial charge in [-0.05, 0) is 54.4 Å². The second-order valence-corrected chi connectivity index (χ2v) is 8.21. The number of rotatable bonds is 6. The van der Waals surface area contributed by atoms with Gasteiger partial charge in [-0.2, -0.15) is 0 Å². The van der Waals surface area contributed by atoms with E-state index in [-0.39, 0.29) is 27.1 Å². The van der Waals surface area contributed by atoms with Gasteiger partial charge in [-0.1, -0.05) is 48.9 Å². The van der Waals surface area contributed by atoms with Crippen LogP contribution in [0.4, 0.5) is 11.4 Å². The molecule has 0 radical (unpaired) electrons. The third-order valence-corrected chi connectivity index (χ3v) is 5.84. The van der Waals surface area contributed by atoms with Crippen LogP contribution in [0.25, 0.3) is 0 Å². The molecule has 3 rings (SSSR count). The van der Waals surface area contributed by atoms with Crippen LogP contribution in [0.3, 0.4) is 0 Å². The van der Waals surface area contributed by atoms with Gasteiger partial charge in [0.1, 0.15) is 0 Å². The highest BCUT2D eigenvalue weighted by Crippen LogP contribution is 2.24. The number of aryl methyl sites for hydroxylation is 1. The second-order valence-electron chi connectivity index (χ2n) is 6.12. The fourth-order valence-electron chi connectivity index (χ4n) is 2.58. The minimum atomic E-state index is -3.89. The van der Waals surface area contributed by atoms with Crippen LogP contribution in [-0.2, 0) is 16.4 Å². The Bertz CT molecular complexity index is 1100. The van der Waals surface area contributed by atoms with Crippen LogP contribution in [0.1, 0.15) is 22.8 Å². The molecule has 0 aliphatic rings. The molecule has 0 spiro atoms. The van der Waals surface area contributed by atoms with E-state index >= 15 is 0 Å². The number of nitrogens with one attached hydrogen (secondary N) is 2. The Balaban J connectivity index is 1.80. The van der Waals surface area contributed by atoms with Crippen molar-refractivity contribution in [2.45, 2.75) is 18.2 Å². The summed E-state index contributed by atoms with van der Waals surface area (Å²) in [5, 5.41) is 3.06. The first-order chi connectivity index (χ1) is 13.4. The van der Waals surface area contributed by atoms with Crippen molar-refractivity contribution in [2.75, 3.05) is 10.0 Å². The molecule has 5 nitrogen and oxygen atoms in total. The number of hydrogen-bond acceptors (Lipinski definition) is 3. The van der Waals surface area contributed by atoms with Crippen molar-refractivity contribution >= 4 is 38.9 Å². The molecule has 0 saturated heterocycles. The van der Waals surface area contributed by atoms with E-state index in [1.165, 1.54) is 18.2 Å². The van der Waals surface area contributed by atoms with Crippen molar-refractivity contribution in [3.8, 4) is 0 Å². The van der Waals surface area contributed by atoms with Crippen LogP contribution in [0.2, 0.25) is 5.02 Å². The Morgan fingerprint density at radius 3 is 2.36 bits per heavy atom. The summed E-state index contributed by atoms with van der Waals surface area (Å²) in [7, 11) is -3.89. The fraction of sp³-hybridized carbons (Fsp3) is 0.0952. The van der Waals surface area contributed by atoms with Gasteiger partial charge in [0.15, 0.2) is 0 Å². The zero-order valence-electron chi connectivity index (χ0n) is 15.1. The van der Waals surface area contributed by atoms with E-state index in [1.807, 2.05) is 24.3 Å². The molecule has 144 valence electrons. The summed E-state index contributed by atoms with van der Waals surface area (Å²) in [6.07, 6.45) is 0.909. The smallest absolute Gasteiger partial charge is 0.261 e. The Morgan fingerprint density at radius 1 is 0.964 bits per heavy atom. The number of carbonyl (C=O) groups excluding carboxylic acids is 1. The molecule has 7 heteroatoms. The van der Waals surface area contributed by atoms with Crippen LogP contribution in [0.5, 0.6) is 0 Å². The van der Waals surface area contributed by atoms with Crippen molar-refractivity contribution in [1.82, 2.24) is 0 Å². The first kappa shape index (κ1) is 19.9. The van der Waals surface area contributed by atoms with Crippen LogP contribution in [-0.4, -0.2) is 14.3 Å². The van der Waals surface area contributed by atoms with E-state index in [1.54, 1.807) is 30.3 Å². The predicted octanol–water partition coefficient (Wildman–Crippen LogP) is 4.96. The highest BCUT2D eigenvalue weighted by molar-refractivity contribution is 7.92. The Kier molecular flexibility index (Phi) is 6.02. The number of hydrogen-bond donors (Lipinski definition) is 2. The average molecular weight is 415 g/mol. The topological polar surface area (TPSA) is 75.3 Å². The van der Waals surface area contributed by atoms with Gasteiger partial charge in [0.2, 0.25) is 0 Å². The maximum absolute atomic E-state index is 12.7. The van der Waals surface area contributed by atoms with E-state index in [0.717, 1.165) is 12.0 Å². The molecule has 0 saturated carbocycles. The SMILES string of the molecule is CCc1ccc(NC(=O)c2cccc(S(=O)(=O)Nc3ccccc3Cl)c2)cc1. The number of carbonyl (C=O) groups is 1. The van der Waals surface area contributed by atoms with Crippen LogP contribution in [0, 0.1) is 0 Å². The molecule has 0 aliphatic carbocycles. The molecule has 0 bridgehead atoms. The molecule has 1 amide bonds. The Morgan fingerprint density at radius 2 is 1.68 bits per heavy atom. The fourth-order valence-corrected chi connectivity index (χ4v) is 3.94. The Labute approximate surface area is 169 Å². The zero-order valence-corrected chi connectivity index (χ0v) is 16.7. The minimum absolute atomic E-state index is 0.0265. The lowest BCUT2D eigenvalue weighted by Crippen LogP contribution is -2.16. The molecule has 0 aromatic heterocycles. The second kappa shape index (κ2) is 8.46. The van der Waals surface area contributed by atoms with E-state index in [0.29, 0.717) is 5.69 Å². The van der Waals surface area contributed by atoms with Crippen molar-refractivity contribution < 1.29 is 13.2 Å². The molecule has 0 atom stereocenters. The van der Waals surface area contributed by atoms with Gasteiger partial charge in [0.25, 0.3) is 15.9 Å². The summed E-state index contributed by atoms with van der Waals surface area (Å²) in [5.41, 5.74) is 2.32. The van der Waals surface area contributed by atoms with E-state index in [2.05, 4.69) is 17.0 Å². The maximum Gasteiger partial charge on any atom is 0.261 e. The van der Waals surface area contributed by atoms with Gasteiger partial charge in [-0.3, -0.25) is 9.52 Å². The largest absolute Gasteiger partial charge is 0.322 e. The minimum Gasteiger partial charge on any atom is -0.322 e. The lowest BCUT2D eigenvalue weighted by molar-refractivity contribution is 0.102. The molecule has 0 unspecified atom stereocenters. The molecule has 3 aromatic carbocycles. The average Bonchev–Trinajstić information content (AvgIpc) is 2.70. The molecule has 3 aromatic rings. The van der Waals surface area contributed by atoms with Crippen molar-refractivity contribution in [2.24, 2.45) is 0 Å². The number of anilines is 2. The van der Waals surface area contributed by atoms with E-state index in [9.17, 15) is 13.2 Å². The van der Waals surface area contributed by atoms with Crippen molar-refractivity contribution in [1.29, 1.82) is 0 Å². The van der Waals surface area contributed by atoms with Gasteiger partial charge in [-0.15, -0.1) is 0 Å². The molecule has 2 N–H and O–H groups in total. The molecular formula is C21H19ClN2O3S. The molecule has 0 fully saturated rings. The van der Waals surface area contributed by atoms with E-state index < -0.39 is 10.0 Å². The zero-order chi connectivity index (χ0) is 20.1. The van der Waals surface area contributed by atoms with Crippen molar-refractivity contribution in [3.63, 3.8) is 0 Å². The third kappa shape index (κ3) is 4.71. The summed E-state index contributed by atoms with van der Waals surface area (Å²) in [6, 6.07) is 19.9. The van der Waals surface area contributed by atoms with Gasteiger partial charge in [-0.25, -0.2) is 8.42 Å². The van der Waals surface area contributed by atoms with Crippen LogP contribution >= 0.6 is 11.6 Å². The standard InChI is InChI=1S/C21H19ClN2O3S/c1-2-15-10-12-17(13-11-15)23-21(25)16-6-5-7-18(14-16)28(26,27)24-20-9-4-3-8-19(20)22/h3-14,24H,2H2,1H3,(H,23,25). The summed E-state index contributed by atoms with van der Waals surface area (Å²) in [5.74, 6) is -0.390. The summed E-state index contributed by atoms with van der Waals surface area (Å²) < 4.78 is 27.8. The number of para-hydroxylation sites is 1. The summed E-state index contributed by atoms with van der Waals surface area (Å²) >= 11 is 6.02. The number of halogens is 1. The number of amides is 1. The molecular weight excluding hydrogens is 396 g/mol. The first-order valence-corrected chi connectivity index (χ1v) is 10.5. The van der Waals surface area contributed by atoms with Crippen LogP contribution < -0.4 is 10.0 Å². The number of sulfonamides is 1. The van der Waals surface area contributed by atoms with Crippen molar-refractivity contribution in [3.05, 3.63) is 88.9 Å².